The van der Waals surface area contributed by atoms with Crippen molar-refractivity contribution >= 4 is 0 Å². The summed E-state index contributed by atoms with van der Waals surface area (Å²) in [5.41, 5.74) is 8.25. The number of rotatable bonds is 0. The fourth-order valence-corrected chi connectivity index (χ4v) is 3.02. The van der Waals surface area contributed by atoms with Gasteiger partial charge in [-0.15, -0.1) is 0 Å². The molecule has 0 aromatic carbocycles. The maximum atomic E-state index is 2.42. The van der Waals surface area contributed by atoms with Crippen LogP contribution in [0.1, 0.15) is 53.4 Å². The van der Waals surface area contributed by atoms with Gasteiger partial charge >= 0.3 is 0 Å². The summed E-state index contributed by atoms with van der Waals surface area (Å²) in [4.78, 5) is 0. The van der Waals surface area contributed by atoms with Gasteiger partial charge in [-0.25, -0.2) is 0 Å². The van der Waals surface area contributed by atoms with E-state index < -0.39 is 0 Å². The zero-order valence-corrected chi connectivity index (χ0v) is 10.5. The highest BCUT2D eigenvalue weighted by atomic mass is 14.3. The molecular formula is C15H22. The first-order valence-electron chi connectivity index (χ1n) is 6.10. The first kappa shape index (κ1) is 10.7. The summed E-state index contributed by atoms with van der Waals surface area (Å²) < 4.78 is 0. The number of hydrogen-bond acceptors (Lipinski definition) is 0. The maximum Gasteiger partial charge on any atom is 0.00523 e. The van der Waals surface area contributed by atoms with Gasteiger partial charge in [0.15, 0.2) is 0 Å². The largest absolute Gasteiger partial charge is 0.0815 e. The predicted molar refractivity (Wildman–Crippen MR) is 66.8 cm³/mol. The molecular weight excluding hydrogens is 180 g/mol. The first-order valence-corrected chi connectivity index (χ1v) is 6.10. The Morgan fingerprint density at radius 1 is 1.20 bits per heavy atom. The summed E-state index contributed by atoms with van der Waals surface area (Å²) in [6, 6.07) is 0. The van der Waals surface area contributed by atoms with Gasteiger partial charge in [-0.1, -0.05) is 33.9 Å². The van der Waals surface area contributed by atoms with Gasteiger partial charge in [-0.05, 0) is 53.4 Å². The molecule has 1 atom stereocenters. The van der Waals surface area contributed by atoms with Crippen LogP contribution >= 0.6 is 0 Å². The van der Waals surface area contributed by atoms with Crippen molar-refractivity contribution in [2.45, 2.75) is 53.4 Å². The zero-order valence-electron chi connectivity index (χ0n) is 10.5. The van der Waals surface area contributed by atoms with Gasteiger partial charge in [-0.2, -0.15) is 0 Å². The Balaban J connectivity index is 2.42. The molecule has 2 aliphatic rings. The third kappa shape index (κ3) is 1.95. The van der Waals surface area contributed by atoms with Crippen LogP contribution in [0.3, 0.4) is 0 Å². The van der Waals surface area contributed by atoms with Crippen molar-refractivity contribution in [1.29, 1.82) is 0 Å². The van der Waals surface area contributed by atoms with Gasteiger partial charge in [0.25, 0.3) is 0 Å². The van der Waals surface area contributed by atoms with E-state index in [2.05, 4.69) is 33.8 Å². The lowest BCUT2D eigenvalue weighted by Crippen LogP contribution is -2.18. The van der Waals surface area contributed by atoms with Gasteiger partial charge in [0.05, 0.1) is 0 Å². The molecule has 0 unspecified atom stereocenters. The Hall–Kier alpha value is -0.780. The summed E-state index contributed by atoms with van der Waals surface area (Å²) in [7, 11) is 0. The van der Waals surface area contributed by atoms with E-state index in [1.165, 1.54) is 25.7 Å². The summed E-state index contributed by atoms with van der Waals surface area (Å²) in [5.74, 6) is 0.758. The number of hydrogen-bond donors (Lipinski definition) is 0. The van der Waals surface area contributed by atoms with Gasteiger partial charge in [0, 0.05) is 5.92 Å². The van der Waals surface area contributed by atoms with E-state index >= 15 is 0 Å². The van der Waals surface area contributed by atoms with Crippen LogP contribution in [0.25, 0.3) is 0 Å². The third-order valence-electron chi connectivity index (χ3n) is 4.00. The molecule has 0 radical (unpaired) electrons. The van der Waals surface area contributed by atoms with Crippen LogP contribution in [0.4, 0.5) is 0 Å². The standard InChI is InChI=1S/C15H22/c1-10(2)13-8-6-12(4)14-7-5-11(3)9-15(13)14/h5,15H,6-9H2,1-4H3/t15-/m1/s1. The summed E-state index contributed by atoms with van der Waals surface area (Å²) in [6.45, 7) is 9.17. The SMILES string of the molecule is CC1=CCC2=C(C)CCC(=C(C)C)[C@H]2C1. The summed E-state index contributed by atoms with van der Waals surface area (Å²) in [5, 5.41) is 0. The zero-order chi connectivity index (χ0) is 11.0. The van der Waals surface area contributed by atoms with Crippen molar-refractivity contribution in [3.8, 4) is 0 Å². The van der Waals surface area contributed by atoms with Crippen LogP contribution in [0.2, 0.25) is 0 Å². The molecule has 0 N–H and O–H groups in total. The van der Waals surface area contributed by atoms with Crippen LogP contribution in [-0.2, 0) is 0 Å². The van der Waals surface area contributed by atoms with E-state index in [0.29, 0.717) is 0 Å². The molecule has 15 heavy (non-hydrogen) atoms. The Bertz CT molecular complexity index is 359. The van der Waals surface area contributed by atoms with E-state index in [4.69, 9.17) is 0 Å². The quantitative estimate of drug-likeness (QED) is 0.495. The molecule has 0 saturated heterocycles. The monoisotopic (exact) mass is 202 g/mol. The second kappa shape index (κ2) is 4.00. The third-order valence-corrected chi connectivity index (χ3v) is 4.00. The molecule has 0 fully saturated rings. The first-order chi connectivity index (χ1) is 7.09. The van der Waals surface area contributed by atoms with E-state index in [9.17, 15) is 0 Å². The molecule has 82 valence electrons. The lowest BCUT2D eigenvalue weighted by atomic mass is 9.71. The lowest BCUT2D eigenvalue weighted by molar-refractivity contribution is 0.580. The van der Waals surface area contributed by atoms with Gasteiger partial charge < -0.3 is 0 Å². The highest BCUT2D eigenvalue weighted by Gasteiger charge is 2.27. The predicted octanol–water partition coefficient (Wildman–Crippen LogP) is 4.79. The van der Waals surface area contributed by atoms with Gasteiger partial charge in [0.1, 0.15) is 0 Å². The lowest BCUT2D eigenvalue weighted by Gasteiger charge is -2.34. The molecule has 0 aromatic heterocycles. The highest BCUT2D eigenvalue weighted by Crippen LogP contribution is 2.43. The minimum absolute atomic E-state index is 0.758. The summed E-state index contributed by atoms with van der Waals surface area (Å²) in [6.07, 6.45) is 7.49. The van der Waals surface area contributed by atoms with Crippen LogP contribution < -0.4 is 0 Å². The molecule has 0 heterocycles. The van der Waals surface area contributed by atoms with Gasteiger partial charge in [0.2, 0.25) is 0 Å². The normalized spacial score (nSPS) is 26.3. The maximum absolute atomic E-state index is 2.42. The van der Waals surface area contributed by atoms with Crippen molar-refractivity contribution in [2.75, 3.05) is 0 Å². The fourth-order valence-electron chi connectivity index (χ4n) is 3.02. The second-order valence-electron chi connectivity index (χ2n) is 5.34. The van der Waals surface area contributed by atoms with E-state index in [0.717, 1.165) is 5.92 Å². The molecule has 0 bridgehead atoms. The second-order valence-corrected chi connectivity index (χ2v) is 5.34. The number of fused-ring (bicyclic) bond motifs is 1. The van der Waals surface area contributed by atoms with Crippen molar-refractivity contribution < 1.29 is 0 Å². The average Bonchev–Trinajstić information content (AvgIpc) is 2.17. The van der Waals surface area contributed by atoms with Crippen LogP contribution in [0.5, 0.6) is 0 Å². The molecule has 0 nitrogen and oxygen atoms in total. The van der Waals surface area contributed by atoms with Crippen molar-refractivity contribution in [2.24, 2.45) is 5.92 Å². The Morgan fingerprint density at radius 3 is 2.60 bits per heavy atom. The molecule has 0 amide bonds. The Kier molecular flexibility index (Phi) is 2.86. The van der Waals surface area contributed by atoms with Crippen LogP contribution in [0.15, 0.2) is 33.9 Å². The highest BCUT2D eigenvalue weighted by molar-refractivity contribution is 5.38. The minimum atomic E-state index is 0.758. The van der Waals surface area contributed by atoms with Gasteiger partial charge in [-0.3, -0.25) is 0 Å². The topological polar surface area (TPSA) is 0 Å². The smallest absolute Gasteiger partial charge is 0.00523 e. The van der Waals surface area contributed by atoms with Crippen LogP contribution in [0, 0.1) is 5.92 Å². The fraction of sp³-hybridized carbons (Fsp3) is 0.600. The molecule has 0 saturated carbocycles. The molecule has 0 spiro atoms. The molecule has 2 rings (SSSR count). The van der Waals surface area contributed by atoms with Crippen molar-refractivity contribution in [3.63, 3.8) is 0 Å². The van der Waals surface area contributed by atoms with Crippen molar-refractivity contribution in [1.82, 2.24) is 0 Å². The van der Waals surface area contributed by atoms with E-state index in [-0.39, 0.29) is 0 Å². The molecule has 0 heteroatoms. The van der Waals surface area contributed by atoms with E-state index in [1.807, 2.05) is 0 Å². The Labute approximate surface area is 93.8 Å². The average molecular weight is 202 g/mol. The summed E-state index contributed by atoms with van der Waals surface area (Å²) >= 11 is 0. The van der Waals surface area contributed by atoms with E-state index in [1.54, 1.807) is 27.9 Å². The minimum Gasteiger partial charge on any atom is -0.0815 e. The van der Waals surface area contributed by atoms with Crippen molar-refractivity contribution in [3.05, 3.63) is 33.9 Å². The molecule has 2 aliphatic carbocycles. The number of allylic oxidation sites excluding steroid dienone is 6. The Morgan fingerprint density at radius 2 is 1.93 bits per heavy atom. The molecule has 0 aliphatic heterocycles. The molecule has 0 aromatic rings. The van der Waals surface area contributed by atoms with Crippen LogP contribution in [-0.4, -0.2) is 0 Å².